The fourth-order valence-electron chi connectivity index (χ4n) is 1.36. The molecular formula is C13H16F4N2O2. The van der Waals surface area contributed by atoms with Crippen LogP contribution >= 0.6 is 0 Å². The van der Waals surface area contributed by atoms with Gasteiger partial charge in [-0.3, -0.25) is 4.79 Å². The summed E-state index contributed by atoms with van der Waals surface area (Å²) in [5.41, 5.74) is 5.52. The molecule has 4 nitrogen and oxygen atoms in total. The second-order valence-corrected chi connectivity index (χ2v) is 4.68. The van der Waals surface area contributed by atoms with Crippen molar-refractivity contribution in [3.8, 4) is 5.75 Å². The van der Waals surface area contributed by atoms with E-state index in [2.05, 4.69) is 10.1 Å². The Bertz CT molecular complexity index is 503. The molecular weight excluding hydrogens is 292 g/mol. The quantitative estimate of drug-likeness (QED) is 0.822. The zero-order valence-electron chi connectivity index (χ0n) is 11.5. The number of nitrogens with two attached hydrogens (primary N) is 1. The number of nitrogens with one attached hydrogen (secondary N) is 1. The van der Waals surface area contributed by atoms with Crippen molar-refractivity contribution in [3.63, 3.8) is 0 Å². The summed E-state index contributed by atoms with van der Waals surface area (Å²) in [4.78, 5) is 11.8. The van der Waals surface area contributed by atoms with Crippen LogP contribution in [0.4, 0.5) is 23.2 Å². The Hall–Kier alpha value is -1.83. The Labute approximate surface area is 119 Å². The van der Waals surface area contributed by atoms with Crippen LogP contribution in [-0.2, 0) is 4.79 Å². The van der Waals surface area contributed by atoms with Gasteiger partial charge in [-0.15, -0.1) is 0 Å². The molecule has 1 amide bonds. The summed E-state index contributed by atoms with van der Waals surface area (Å²) in [6.45, 7) is 1.61. The molecule has 1 aromatic carbocycles. The maximum atomic E-state index is 13.1. The monoisotopic (exact) mass is 308 g/mol. The molecule has 21 heavy (non-hydrogen) atoms. The Morgan fingerprint density at radius 1 is 1.38 bits per heavy atom. The average molecular weight is 308 g/mol. The normalized spacial score (nSPS) is 14.4. The summed E-state index contributed by atoms with van der Waals surface area (Å²) in [5, 5.41) is 2.38. The van der Waals surface area contributed by atoms with E-state index in [4.69, 9.17) is 5.73 Å². The van der Waals surface area contributed by atoms with Gasteiger partial charge in [0.1, 0.15) is 11.6 Å². The SMILES string of the molecule is CC(N)C(C)C(=O)Nc1ccc(F)cc1OCC(F)(F)F. The Balaban J connectivity index is 2.89. The predicted octanol–water partition coefficient (Wildman–Crippen LogP) is 2.69. The fraction of sp³-hybridized carbons (Fsp3) is 0.462. The number of benzene rings is 1. The van der Waals surface area contributed by atoms with E-state index in [1.807, 2.05) is 0 Å². The summed E-state index contributed by atoms with van der Waals surface area (Å²) in [6.07, 6.45) is -4.56. The van der Waals surface area contributed by atoms with E-state index < -0.39 is 42.2 Å². The van der Waals surface area contributed by atoms with Gasteiger partial charge < -0.3 is 15.8 Å². The van der Waals surface area contributed by atoms with Crippen molar-refractivity contribution in [2.75, 3.05) is 11.9 Å². The van der Waals surface area contributed by atoms with Crippen LogP contribution in [0.15, 0.2) is 18.2 Å². The summed E-state index contributed by atoms with van der Waals surface area (Å²) in [6, 6.07) is 2.47. The standard InChI is InChI=1S/C13H16F4N2O2/c1-7(8(2)18)12(20)19-10-4-3-9(14)5-11(10)21-6-13(15,16)17/h3-5,7-8H,6,18H2,1-2H3,(H,19,20). The Morgan fingerprint density at radius 3 is 2.52 bits per heavy atom. The van der Waals surface area contributed by atoms with Crippen molar-refractivity contribution in [2.45, 2.75) is 26.1 Å². The third-order valence-electron chi connectivity index (χ3n) is 2.80. The second kappa shape index (κ2) is 6.75. The van der Waals surface area contributed by atoms with Gasteiger partial charge in [0, 0.05) is 12.1 Å². The second-order valence-electron chi connectivity index (χ2n) is 4.68. The molecule has 118 valence electrons. The molecule has 0 radical (unpaired) electrons. The van der Waals surface area contributed by atoms with Gasteiger partial charge in [-0.2, -0.15) is 13.2 Å². The zero-order valence-corrected chi connectivity index (χ0v) is 11.5. The number of amides is 1. The number of rotatable bonds is 5. The van der Waals surface area contributed by atoms with Crippen LogP contribution in [0.1, 0.15) is 13.8 Å². The average Bonchev–Trinajstić information content (AvgIpc) is 2.36. The van der Waals surface area contributed by atoms with Crippen LogP contribution < -0.4 is 15.8 Å². The van der Waals surface area contributed by atoms with E-state index in [1.54, 1.807) is 13.8 Å². The molecule has 0 saturated heterocycles. The molecule has 2 atom stereocenters. The van der Waals surface area contributed by atoms with Gasteiger partial charge in [-0.05, 0) is 19.1 Å². The molecule has 0 heterocycles. The van der Waals surface area contributed by atoms with E-state index in [0.717, 1.165) is 18.2 Å². The Kier molecular flexibility index (Phi) is 5.54. The van der Waals surface area contributed by atoms with Crippen LogP contribution in [0.2, 0.25) is 0 Å². The first-order valence-corrected chi connectivity index (χ1v) is 6.15. The van der Waals surface area contributed by atoms with Crippen molar-refractivity contribution >= 4 is 11.6 Å². The number of carbonyl (C=O) groups is 1. The first-order chi connectivity index (χ1) is 9.60. The molecule has 0 fully saturated rings. The fourth-order valence-corrected chi connectivity index (χ4v) is 1.36. The molecule has 1 rings (SSSR count). The van der Waals surface area contributed by atoms with Gasteiger partial charge in [-0.1, -0.05) is 6.92 Å². The highest BCUT2D eigenvalue weighted by molar-refractivity contribution is 5.94. The maximum absolute atomic E-state index is 13.1. The number of hydrogen-bond acceptors (Lipinski definition) is 3. The van der Waals surface area contributed by atoms with Crippen molar-refractivity contribution < 1.29 is 27.1 Å². The molecule has 2 unspecified atom stereocenters. The van der Waals surface area contributed by atoms with E-state index in [-0.39, 0.29) is 5.69 Å². The van der Waals surface area contributed by atoms with Gasteiger partial charge in [0.25, 0.3) is 0 Å². The van der Waals surface area contributed by atoms with E-state index in [1.165, 1.54) is 0 Å². The minimum Gasteiger partial charge on any atom is -0.482 e. The lowest BCUT2D eigenvalue weighted by molar-refractivity contribution is -0.153. The van der Waals surface area contributed by atoms with Gasteiger partial charge in [-0.25, -0.2) is 4.39 Å². The van der Waals surface area contributed by atoms with Crippen molar-refractivity contribution in [2.24, 2.45) is 11.7 Å². The number of anilines is 1. The van der Waals surface area contributed by atoms with E-state index >= 15 is 0 Å². The highest BCUT2D eigenvalue weighted by Crippen LogP contribution is 2.28. The zero-order chi connectivity index (χ0) is 16.2. The summed E-state index contributed by atoms with van der Waals surface area (Å²) in [7, 11) is 0. The minimum absolute atomic E-state index is 0.0434. The minimum atomic E-state index is -4.56. The number of alkyl halides is 3. The van der Waals surface area contributed by atoms with Crippen LogP contribution in [0.3, 0.4) is 0 Å². The molecule has 0 aliphatic carbocycles. The number of halogens is 4. The predicted molar refractivity (Wildman–Crippen MR) is 69.4 cm³/mol. The molecule has 0 spiro atoms. The number of carbonyl (C=O) groups excluding carboxylic acids is 1. The van der Waals surface area contributed by atoms with Crippen molar-refractivity contribution in [3.05, 3.63) is 24.0 Å². The number of hydrogen-bond donors (Lipinski definition) is 2. The Morgan fingerprint density at radius 2 is 2.00 bits per heavy atom. The van der Waals surface area contributed by atoms with Crippen LogP contribution in [0, 0.1) is 11.7 Å². The van der Waals surface area contributed by atoms with E-state index in [0.29, 0.717) is 0 Å². The van der Waals surface area contributed by atoms with Gasteiger partial charge >= 0.3 is 6.18 Å². The summed E-state index contributed by atoms with van der Waals surface area (Å²) < 4.78 is 54.1. The highest BCUT2D eigenvalue weighted by atomic mass is 19.4. The van der Waals surface area contributed by atoms with Crippen molar-refractivity contribution in [1.82, 2.24) is 0 Å². The molecule has 1 aromatic rings. The van der Waals surface area contributed by atoms with E-state index in [9.17, 15) is 22.4 Å². The molecule has 0 aromatic heterocycles. The van der Waals surface area contributed by atoms with Crippen molar-refractivity contribution in [1.29, 1.82) is 0 Å². The third kappa shape index (κ3) is 5.58. The molecule has 3 N–H and O–H groups in total. The third-order valence-corrected chi connectivity index (χ3v) is 2.80. The van der Waals surface area contributed by atoms with Gasteiger partial charge in [0.15, 0.2) is 6.61 Å². The summed E-state index contributed by atoms with van der Waals surface area (Å²) >= 11 is 0. The van der Waals surface area contributed by atoms with Gasteiger partial charge in [0.2, 0.25) is 5.91 Å². The first-order valence-electron chi connectivity index (χ1n) is 6.15. The lowest BCUT2D eigenvalue weighted by atomic mass is 10.0. The topological polar surface area (TPSA) is 64.4 Å². The smallest absolute Gasteiger partial charge is 0.422 e. The number of ether oxygens (including phenoxy) is 1. The molecule has 0 bridgehead atoms. The van der Waals surface area contributed by atoms with Crippen LogP contribution in [-0.4, -0.2) is 24.7 Å². The van der Waals surface area contributed by atoms with Crippen LogP contribution in [0.25, 0.3) is 0 Å². The van der Waals surface area contributed by atoms with Crippen LogP contribution in [0.5, 0.6) is 5.75 Å². The first kappa shape index (κ1) is 17.2. The lowest BCUT2D eigenvalue weighted by Gasteiger charge is -2.18. The largest absolute Gasteiger partial charge is 0.482 e. The van der Waals surface area contributed by atoms with Gasteiger partial charge in [0.05, 0.1) is 11.6 Å². The summed E-state index contributed by atoms with van der Waals surface area (Å²) in [5.74, 6) is -2.22. The molecule has 0 saturated carbocycles. The lowest BCUT2D eigenvalue weighted by Crippen LogP contribution is -2.34. The highest BCUT2D eigenvalue weighted by Gasteiger charge is 2.29. The molecule has 0 aliphatic rings. The maximum Gasteiger partial charge on any atom is 0.422 e. The molecule has 8 heteroatoms. The molecule has 0 aliphatic heterocycles.